The van der Waals surface area contributed by atoms with Crippen molar-refractivity contribution in [3.05, 3.63) is 66.4 Å². The van der Waals surface area contributed by atoms with Gasteiger partial charge in [0.25, 0.3) is 5.91 Å². The summed E-state index contributed by atoms with van der Waals surface area (Å²) >= 11 is 1.56. The summed E-state index contributed by atoms with van der Waals surface area (Å²) in [5.41, 5.74) is 0.627. The molecule has 0 spiro atoms. The normalized spacial score (nSPS) is 10.7. The van der Waals surface area contributed by atoms with Crippen molar-refractivity contribution in [1.29, 1.82) is 5.26 Å². The van der Waals surface area contributed by atoms with E-state index in [0.717, 1.165) is 15.5 Å². The van der Waals surface area contributed by atoms with Crippen molar-refractivity contribution in [2.45, 2.75) is 16.2 Å². The molecule has 1 amide bonds. The van der Waals surface area contributed by atoms with Crippen molar-refractivity contribution in [3.63, 3.8) is 0 Å². The Morgan fingerprint density at radius 2 is 1.81 bits per heavy atom. The Hall–Kier alpha value is -3.24. The Morgan fingerprint density at radius 1 is 1.12 bits per heavy atom. The Balaban J connectivity index is 2.07. The number of anilines is 1. The second-order valence-corrected chi connectivity index (χ2v) is 6.24. The Morgan fingerprint density at radius 3 is 2.50 bits per heavy atom. The number of hydrogen-bond acceptors (Lipinski definition) is 5. The number of carbonyl (C=O) groups excluding carboxylic acids is 1. The van der Waals surface area contributed by atoms with Crippen LogP contribution in [-0.2, 0) is 9.59 Å². The molecule has 7 heteroatoms. The number of aliphatic carboxylic acids is 1. The van der Waals surface area contributed by atoms with E-state index in [0.29, 0.717) is 0 Å². The zero-order valence-electron chi connectivity index (χ0n) is 13.8. The first kappa shape index (κ1) is 19.1. The SMILES string of the molecule is N#C/C(=C/Nc1ccccc1Sc1ccccc1)C(=O)NCCC(=O)O. The first-order valence-corrected chi connectivity index (χ1v) is 8.60. The molecular weight excluding hydrogens is 350 g/mol. The molecule has 2 rings (SSSR count). The lowest BCUT2D eigenvalue weighted by molar-refractivity contribution is -0.136. The first-order valence-electron chi connectivity index (χ1n) is 7.79. The summed E-state index contributed by atoms with van der Waals surface area (Å²) in [6.45, 7) is -0.0341. The van der Waals surface area contributed by atoms with Crippen molar-refractivity contribution < 1.29 is 14.7 Å². The molecule has 2 aromatic carbocycles. The van der Waals surface area contributed by atoms with Crippen LogP contribution >= 0.6 is 11.8 Å². The highest BCUT2D eigenvalue weighted by Crippen LogP contribution is 2.33. The molecule has 0 aliphatic heterocycles. The fraction of sp³-hybridized carbons (Fsp3) is 0.105. The van der Waals surface area contributed by atoms with Gasteiger partial charge in [-0.05, 0) is 24.3 Å². The van der Waals surface area contributed by atoms with E-state index in [1.54, 1.807) is 11.8 Å². The molecule has 0 atom stereocenters. The summed E-state index contributed by atoms with van der Waals surface area (Å²) in [5.74, 6) is -1.63. The maximum absolute atomic E-state index is 11.9. The van der Waals surface area contributed by atoms with Gasteiger partial charge in [0.05, 0.1) is 12.1 Å². The molecule has 0 aliphatic carbocycles. The number of nitrogens with zero attached hydrogens (tertiary/aromatic N) is 1. The van der Waals surface area contributed by atoms with Crippen LogP contribution in [-0.4, -0.2) is 23.5 Å². The van der Waals surface area contributed by atoms with Crippen LogP contribution < -0.4 is 10.6 Å². The van der Waals surface area contributed by atoms with Gasteiger partial charge in [-0.1, -0.05) is 42.1 Å². The number of nitrogens with one attached hydrogen (secondary N) is 2. The summed E-state index contributed by atoms with van der Waals surface area (Å²) in [6.07, 6.45) is 1.12. The van der Waals surface area contributed by atoms with Crippen LogP contribution in [0.1, 0.15) is 6.42 Å². The molecule has 0 unspecified atom stereocenters. The largest absolute Gasteiger partial charge is 0.481 e. The number of carboxylic acids is 1. The van der Waals surface area contributed by atoms with Crippen LogP contribution in [0.25, 0.3) is 0 Å². The maximum atomic E-state index is 11.9. The average Bonchev–Trinajstić information content (AvgIpc) is 2.64. The molecular formula is C19H17N3O3S. The number of para-hydroxylation sites is 1. The number of hydrogen-bond donors (Lipinski definition) is 3. The van der Waals surface area contributed by atoms with Gasteiger partial charge in [-0.2, -0.15) is 5.26 Å². The molecule has 0 radical (unpaired) electrons. The third kappa shape index (κ3) is 6.00. The lowest BCUT2D eigenvalue weighted by atomic mass is 10.2. The van der Waals surface area contributed by atoms with Gasteiger partial charge in [0.15, 0.2) is 0 Å². The Labute approximate surface area is 155 Å². The highest BCUT2D eigenvalue weighted by molar-refractivity contribution is 7.99. The smallest absolute Gasteiger partial charge is 0.305 e. The molecule has 132 valence electrons. The number of nitriles is 1. The van der Waals surface area contributed by atoms with E-state index in [-0.39, 0.29) is 18.5 Å². The van der Waals surface area contributed by atoms with Gasteiger partial charge >= 0.3 is 5.97 Å². The van der Waals surface area contributed by atoms with Crippen molar-refractivity contribution in [1.82, 2.24) is 5.32 Å². The number of carboxylic acid groups (broad SMARTS) is 1. The molecule has 0 aromatic heterocycles. The predicted molar refractivity (Wildman–Crippen MR) is 99.6 cm³/mol. The summed E-state index contributed by atoms with van der Waals surface area (Å²) in [5, 5.41) is 23.1. The number of rotatable bonds is 8. The molecule has 2 aromatic rings. The third-order valence-corrected chi connectivity index (χ3v) is 4.30. The molecule has 26 heavy (non-hydrogen) atoms. The van der Waals surface area contributed by atoms with Crippen LogP contribution in [0.3, 0.4) is 0 Å². The molecule has 0 heterocycles. The van der Waals surface area contributed by atoms with Gasteiger partial charge in [-0.15, -0.1) is 0 Å². The summed E-state index contributed by atoms with van der Waals surface area (Å²) in [4.78, 5) is 24.4. The van der Waals surface area contributed by atoms with Crippen LogP contribution in [0.15, 0.2) is 76.2 Å². The van der Waals surface area contributed by atoms with E-state index in [1.807, 2.05) is 60.7 Å². The van der Waals surface area contributed by atoms with Crippen LogP contribution in [0.4, 0.5) is 5.69 Å². The molecule has 0 bridgehead atoms. The van der Waals surface area contributed by atoms with Crippen molar-refractivity contribution in [2.75, 3.05) is 11.9 Å². The minimum atomic E-state index is -1.02. The lowest BCUT2D eigenvalue weighted by Gasteiger charge is -2.09. The lowest BCUT2D eigenvalue weighted by Crippen LogP contribution is -2.27. The number of benzene rings is 2. The molecule has 0 saturated heterocycles. The van der Waals surface area contributed by atoms with Crippen LogP contribution in [0.2, 0.25) is 0 Å². The zero-order valence-corrected chi connectivity index (χ0v) is 14.6. The molecule has 0 aliphatic rings. The van der Waals surface area contributed by atoms with E-state index < -0.39 is 11.9 Å². The van der Waals surface area contributed by atoms with Crippen LogP contribution in [0, 0.1) is 11.3 Å². The third-order valence-electron chi connectivity index (χ3n) is 3.22. The minimum Gasteiger partial charge on any atom is -0.481 e. The van der Waals surface area contributed by atoms with Crippen molar-refractivity contribution >= 4 is 29.3 Å². The fourth-order valence-electron chi connectivity index (χ4n) is 1.97. The highest BCUT2D eigenvalue weighted by Gasteiger charge is 2.10. The Kier molecular flexibility index (Phi) is 7.28. The van der Waals surface area contributed by atoms with E-state index in [2.05, 4.69) is 10.6 Å². The monoisotopic (exact) mass is 367 g/mol. The standard InChI is InChI=1S/C19H17N3O3S/c20-12-14(19(25)21-11-10-18(23)24)13-22-16-8-4-5-9-17(16)26-15-6-2-1-3-7-15/h1-9,13,22H,10-11H2,(H,21,25)(H,23,24)/b14-13-. The van der Waals surface area contributed by atoms with Crippen molar-refractivity contribution in [3.8, 4) is 6.07 Å². The van der Waals surface area contributed by atoms with E-state index in [9.17, 15) is 9.59 Å². The molecule has 0 saturated carbocycles. The van der Waals surface area contributed by atoms with Gasteiger partial charge in [-0.3, -0.25) is 9.59 Å². The number of amides is 1. The van der Waals surface area contributed by atoms with Gasteiger partial charge < -0.3 is 15.7 Å². The molecule has 6 nitrogen and oxygen atoms in total. The zero-order chi connectivity index (χ0) is 18.8. The predicted octanol–water partition coefficient (Wildman–Crippen LogP) is 3.25. The molecule has 3 N–H and O–H groups in total. The summed E-state index contributed by atoms with van der Waals surface area (Å²) in [6, 6.07) is 19.2. The second-order valence-electron chi connectivity index (χ2n) is 5.13. The van der Waals surface area contributed by atoms with Crippen molar-refractivity contribution in [2.24, 2.45) is 0 Å². The quantitative estimate of drug-likeness (QED) is 0.489. The van der Waals surface area contributed by atoms with Gasteiger partial charge in [0.2, 0.25) is 0 Å². The molecule has 0 fully saturated rings. The van der Waals surface area contributed by atoms with E-state index in [1.165, 1.54) is 6.20 Å². The topological polar surface area (TPSA) is 102 Å². The summed E-state index contributed by atoms with van der Waals surface area (Å²) < 4.78 is 0. The number of carbonyl (C=O) groups is 2. The first-order chi connectivity index (χ1) is 12.6. The van der Waals surface area contributed by atoms with Gasteiger partial charge in [0, 0.05) is 22.5 Å². The maximum Gasteiger partial charge on any atom is 0.305 e. The Bertz CT molecular complexity index is 845. The van der Waals surface area contributed by atoms with Gasteiger partial charge in [0.1, 0.15) is 11.6 Å². The fourth-order valence-corrected chi connectivity index (χ4v) is 2.90. The minimum absolute atomic E-state index is 0.0341. The summed E-state index contributed by atoms with van der Waals surface area (Å²) in [7, 11) is 0. The highest BCUT2D eigenvalue weighted by atomic mass is 32.2. The average molecular weight is 367 g/mol. The van der Waals surface area contributed by atoms with E-state index >= 15 is 0 Å². The second kappa shape index (κ2) is 9.91. The van der Waals surface area contributed by atoms with E-state index in [4.69, 9.17) is 10.4 Å². The van der Waals surface area contributed by atoms with Crippen LogP contribution in [0.5, 0.6) is 0 Å². The van der Waals surface area contributed by atoms with Gasteiger partial charge in [-0.25, -0.2) is 0 Å².